The highest BCUT2D eigenvalue weighted by molar-refractivity contribution is 7.87. The molecule has 0 unspecified atom stereocenters. The summed E-state index contributed by atoms with van der Waals surface area (Å²) in [4.78, 5) is 14.6. The van der Waals surface area contributed by atoms with E-state index in [0.717, 1.165) is 4.31 Å². The zero-order valence-corrected chi connectivity index (χ0v) is 17.1. The van der Waals surface area contributed by atoms with E-state index in [1.165, 1.54) is 35.4 Å². The maximum absolute atomic E-state index is 12.9. The molecule has 0 saturated carbocycles. The second-order valence-electron chi connectivity index (χ2n) is 6.39. The van der Waals surface area contributed by atoms with Crippen LogP contribution in [0.5, 0.6) is 17.2 Å². The number of nitrogens with one attached hydrogen (secondary N) is 1. The van der Waals surface area contributed by atoms with Crippen LogP contribution in [-0.4, -0.2) is 78.1 Å². The summed E-state index contributed by atoms with van der Waals surface area (Å²) in [5.74, 6) is 1.08. The molecule has 10 heteroatoms. The van der Waals surface area contributed by atoms with Gasteiger partial charge in [-0.3, -0.25) is 4.79 Å². The van der Waals surface area contributed by atoms with Crippen LogP contribution in [-0.2, 0) is 10.2 Å². The monoisotopic (exact) mass is 401 g/mol. The number of benzene rings is 1. The Morgan fingerprint density at radius 2 is 1.59 bits per heavy atom. The van der Waals surface area contributed by atoms with E-state index in [1.807, 2.05) is 0 Å². The normalized spacial score (nSPS) is 15.7. The third kappa shape index (κ3) is 4.82. The van der Waals surface area contributed by atoms with E-state index < -0.39 is 10.2 Å². The Hall–Kier alpha value is -2.04. The van der Waals surface area contributed by atoms with Crippen molar-refractivity contribution >= 4 is 16.1 Å². The zero-order chi connectivity index (χ0) is 20.2. The third-order valence-electron chi connectivity index (χ3n) is 4.49. The summed E-state index contributed by atoms with van der Waals surface area (Å²) in [7, 11) is 3.96. The van der Waals surface area contributed by atoms with Crippen molar-refractivity contribution in [3.8, 4) is 17.2 Å². The fraction of sp³-hybridized carbons (Fsp3) is 0.588. The molecule has 9 nitrogen and oxygen atoms in total. The molecule has 1 amide bonds. The summed E-state index contributed by atoms with van der Waals surface area (Å²) in [5.41, 5.74) is 0.428. The summed E-state index contributed by atoms with van der Waals surface area (Å²) in [6, 6.07) is 3.04. The lowest BCUT2D eigenvalue weighted by atomic mass is 10.0. The van der Waals surface area contributed by atoms with E-state index in [9.17, 15) is 13.2 Å². The van der Waals surface area contributed by atoms with Crippen molar-refractivity contribution < 1.29 is 27.4 Å². The van der Waals surface area contributed by atoms with E-state index in [0.29, 0.717) is 48.7 Å². The van der Waals surface area contributed by atoms with Crippen molar-refractivity contribution in [3.05, 3.63) is 17.7 Å². The van der Waals surface area contributed by atoms with Gasteiger partial charge in [-0.2, -0.15) is 17.4 Å². The quantitative estimate of drug-likeness (QED) is 0.723. The van der Waals surface area contributed by atoms with Gasteiger partial charge < -0.3 is 19.1 Å². The first-order valence-electron chi connectivity index (χ1n) is 8.52. The molecule has 1 aromatic carbocycles. The highest BCUT2D eigenvalue weighted by atomic mass is 32.2. The second kappa shape index (κ2) is 8.77. The largest absolute Gasteiger partial charge is 0.493 e. The molecule has 1 N–H and O–H groups in total. The molecule has 27 heavy (non-hydrogen) atoms. The lowest BCUT2D eigenvalue weighted by Gasteiger charge is -2.33. The minimum atomic E-state index is -3.48. The van der Waals surface area contributed by atoms with Crippen LogP contribution in [0.25, 0.3) is 0 Å². The minimum absolute atomic E-state index is 0.164. The Bertz CT molecular complexity index is 748. The van der Waals surface area contributed by atoms with Crippen LogP contribution in [0.2, 0.25) is 0 Å². The van der Waals surface area contributed by atoms with Gasteiger partial charge in [0, 0.05) is 38.8 Å². The number of ether oxygens (including phenoxy) is 3. The number of nitrogens with zero attached hydrogens (tertiary/aromatic N) is 2. The molecule has 0 spiro atoms. The van der Waals surface area contributed by atoms with Gasteiger partial charge in [-0.25, -0.2) is 0 Å². The van der Waals surface area contributed by atoms with Crippen LogP contribution in [0.15, 0.2) is 12.1 Å². The van der Waals surface area contributed by atoms with Crippen molar-refractivity contribution in [1.29, 1.82) is 0 Å². The van der Waals surface area contributed by atoms with Gasteiger partial charge in [0.25, 0.3) is 16.1 Å². The van der Waals surface area contributed by atoms with Gasteiger partial charge in [-0.15, -0.1) is 0 Å². The summed E-state index contributed by atoms with van der Waals surface area (Å²) in [5, 5.41) is 0. The minimum Gasteiger partial charge on any atom is -0.493 e. The van der Waals surface area contributed by atoms with Gasteiger partial charge >= 0.3 is 0 Å². The first-order chi connectivity index (χ1) is 12.7. The van der Waals surface area contributed by atoms with Crippen LogP contribution >= 0.6 is 0 Å². The van der Waals surface area contributed by atoms with Crippen molar-refractivity contribution in [1.82, 2.24) is 13.9 Å². The summed E-state index contributed by atoms with van der Waals surface area (Å²) < 4.78 is 43.5. The van der Waals surface area contributed by atoms with Crippen LogP contribution in [0.3, 0.4) is 0 Å². The van der Waals surface area contributed by atoms with Crippen LogP contribution in [0.1, 0.15) is 23.2 Å². The average molecular weight is 401 g/mol. The topological polar surface area (TPSA) is 97.4 Å². The van der Waals surface area contributed by atoms with Gasteiger partial charge in [-0.05, 0) is 25.0 Å². The van der Waals surface area contributed by atoms with Gasteiger partial charge in [0.05, 0.1) is 21.3 Å². The number of piperidine rings is 1. The SMILES string of the molecule is COc1cc(C(=O)N2CCC(NS(=O)(=O)N(C)C)CC2)cc(OC)c1OC. The molecular weight excluding hydrogens is 374 g/mol. The molecule has 1 saturated heterocycles. The first-order valence-corrected chi connectivity index (χ1v) is 9.96. The summed E-state index contributed by atoms with van der Waals surface area (Å²) in [6.07, 6.45) is 1.09. The molecule has 2 rings (SSSR count). The Morgan fingerprint density at radius 3 is 2.00 bits per heavy atom. The van der Waals surface area contributed by atoms with Crippen LogP contribution < -0.4 is 18.9 Å². The lowest BCUT2D eigenvalue weighted by Crippen LogP contribution is -2.49. The highest BCUT2D eigenvalue weighted by Gasteiger charge is 2.28. The fourth-order valence-electron chi connectivity index (χ4n) is 2.90. The molecular formula is C17H27N3O6S. The van der Waals surface area contributed by atoms with Gasteiger partial charge in [0.15, 0.2) is 11.5 Å². The van der Waals surface area contributed by atoms with Crippen molar-refractivity contribution in [2.24, 2.45) is 0 Å². The number of carbonyl (C=O) groups excluding carboxylic acids is 1. The molecule has 1 fully saturated rings. The van der Waals surface area contributed by atoms with E-state index in [-0.39, 0.29) is 11.9 Å². The molecule has 152 valence electrons. The second-order valence-corrected chi connectivity index (χ2v) is 8.30. The van der Waals surface area contributed by atoms with Crippen molar-refractivity contribution in [2.75, 3.05) is 48.5 Å². The number of amides is 1. The number of rotatable bonds is 7. The summed E-state index contributed by atoms with van der Waals surface area (Å²) >= 11 is 0. The Morgan fingerprint density at radius 1 is 1.07 bits per heavy atom. The molecule has 0 aromatic heterocycles. The standard InChI is InChI=1S/C17H27N3O6S/c1-19(2)27(22,23)18-13-6-8-20(9-7-13)17(21)12-10-14(24-3)16(26-5)15(11-12)25-4/h10-11,13,18H,6-9H2,1-5H3. The number of carbonyl (C=O) groups is 1. The molecule has 0 bridgehead atoms. The van der Waals surface area contributed by atoms with Gasteiger partial charge in [0.1, 0.15) is 0 Å². The van der Waals surface area contributed by atoms with Crippen molar-refractivity contribution in [3.63, 3.8) is 0 Å². The molecule has 1 aromatic rings. The fourth-order valence-corrected chi connectivity index (χ4v) is 3.77. The zero-order valence-electron chi connectivity index (χ0n) is 16.3. The van der Waals surface area contributed by atoms with E-state index in [1.54, 1.807) is 17.0 Å². The number of hydrogen-bond acceptors (Lipinski definition) is 6. The van der Waals surface area contributed by atoms with E-state index in [4.69, 9.17) is 14.2 Å². The van der Waals surface area contributed by atoms with Gasteiger partial charge in [0.2, 0.25) is 5.75 Å². The Kier molecular flexibility index (Phi) is 6.90. The predicted octanol–water partition coefficient (Wildman–Crippen LogP) is 0.713. The van der Waals surface area contributed by atoms with Crippen LogP contribution in [0, 0.1) is 0 Å². The molecule has 1 heterocycles. The molecule has 0 radical (unpaired) electrons. The highest BCUT2D eigenvalue weighted by Crippen LogP contribution is 2.38. The molecule has 0 aliphatic carbocycles. The lowest BCUT2D eigenvalue weighted by molar-refractivity contribution is 0.0710. The van der Waals surface area contributed by atoms with E-state index in [2.05, 4.69) is 4.72 Å². The third-order valence-corrected chi connectivity index (χ3v) is 6.08. The average Bonchev–Trinajstić information content (AvgIpc) is 2.66. The van der Waals surface area contributed by atoms with Gasteiger partial charge in [-0.1, -0.05) is 0 Å². The molecule has 1 aliphatic heterocycles. The summed E-state index contributed by atoms with van der Waals surface area (Å²) in [6.45, 7) is 0.909. The Balaban J connectivity index is 2.10. The maximum Gasteiger partial charge on any atom is 0.279 e. The van der Waals surface area contributed by atoms with Crippen molar-refractivity contribution in [2.45, 2.75) is 18.9 Å². The number of methoxy groups -OCH3 is 3. The maximum atomic E-state index is 12.9. The molecule has 0 atom stereocenters. The smallest absolute Gasteiger partial charge is 0.279 e. The Labute approximate surface area is 160 Å². The van der Waals surface area contributed by atoms with E-state index >= 15 is 0 Å². The molecule has 1 aliphatic rings. The first kappa shape index (κ1) is 21.3. The predicted molar refractivity (Wildman–Crippen MR) is 101 cm³/mol. The number of hydrogen-bond donors (Lipinski definition) is 1. The van der Waals surface area contributed by atoms with Crippen LogP contribution in [0.4, 0.5) is 0 Å². The number of likely N-dealkylation sites (tertiary alicyclic amines) is 1.